The first-order valence-electron chi connectivity index (χ1n) is 3.95. The topological polar surface area (TPSA) is 12.0 Å². The van der Waals surface area contributed by atoms with Gasteiger partial charge in [-0.05, 0) is 40.5 Å². The molecule has 0 aliphatic carbocycles. The number of alkyl halides is 3. The summed E-state index contributed by atoms with van der Waals surface area (Å²) in [5, 5.41) is 2.31. The van der Waals surface area contributed by atoms with Gasteiger partial charge in [0.05, 0.1) is 0 Å². The molecule has 0 aromatic heterocycles. The predicted octanol–water partition coefficient (Wildman–Crippen LogP) is 3.73. The van der Waals surface area contributed by atoms with E-state index in [1.807, 2.05) is 6.92 Å². The minimum absolute atomic E-state index is 0.452. The van der Waals surface area contributed by atoms with Gasteiger partial charge < -0.3 is 5.32 Å². The molecule has 5 heteroatoms. The summed E-state index contributed by atoms with van der Waals surface area (Å²) in [6.45, 7) is 0.854. The van der Waals surface area contributed by atoms with Crippen molar-refractivity contribution in [2.24, 2.45) is 0 Å². The van der Waals surface area contributed by atoms with E-state index in [0.717, 1.165) is 5.56 Å². The SMILES string of the molecule is Cc1ccc(NCC(F)(F)F)c(Br)c1. The molecule has 78 valence electrons. The van der Waals surface area contributed by atoms with Crippen molar-refractivity contribution in [2.45, 2.75) is 13.1 Å². The van der Waals surface area contributed by atoms with Crippen molar-refractivity contribution in [3.05, 3.63) is 28.2 Å². The van der Waals surface area contributed by atoms with Gasteiger partial charge in [-0.1, -0.05) is 6.07 Å². The standard InChI is InChI=1S/C9H9BrF3N/c1-6-2-3-8(7(10)4-6)14-5-9(11,12)13/h2-4,14H,5H2,1H3. The maximum Gasteiger partial charge on any atom is 0.405 e. The first kappa shape index (κ1) is 11.4. The normalized spacial score (nSPS) is 11.5. The fourth-order valence-electron chi connectivity index (χ4n) is 0.959. The Balaban J connectivity index is 2.68. The van der Waals surface area contributed by atoms with E-state index in [1.54, 1.807) is 18.2 Å². The lowest BCUT2D eigenvalue weighted by molar-refractivity contribution is -0.115. The van der Waals surface area contributed by atoms with Crippen molar-refractivity contribution in [2.75, 3.05) is 11.9 Å². The molecule has 0 heterocycles. The van der Waals surface area contributed by atoms with Crippen LogP contribution in [0.3, 0.4) is 0 Å². The van der Waals surface area contributed by atoms with Crippen LogP contribution in [0, 0.1) is 6.92 Å². The Bertz CT molecular complexity index is 322. The van der Waals surface area contributed by atoms with Gasteiger partial charge in [-0.15, -0.1) is 0 Å². The Morgan fingerprint density at radius 1 is 1.36 bits per heavy atom. The summed E-state index contributed by atoms with van der Waals surface area (Å²) in [5.41, 5.74) is 1.45. The lowest BCUT2D eigenvalue weighted by atomic mass is 10.2. The number of hydrogen-bond donors (Lipinski definition) is 1. The molecular formula is C9H9BrF3N. The number of anilines is 1. The molecule has 1 aromatic rings. The van der Waals surface area contributed by atoms with E-state index < -0.39 is 12.7 Å². The number of aryl methyl sites for hydroxylation is 1. The molecule has 0 amide bonds. The van der Waals surface area contributed by atoms with E-state index in [9.17, 15) is 13.2 Å². The molecule has 0 atom stereocenters. The number of benzene rings is 1. The van der Waals surface area contributed by atoms with E-state index in [0.29, 0.717) is 10.2 Å². The van der Waals surface area contributed by atoms with Gasteiger partial charge in [0.2, 0.25) is 0 Å². The highest BCUT2D eigenvalue weighted by Crippen LogP contribution is 2.25. The van der Waals surface area contributed by atoms with Gasteiger partial charge in [0.15, 0.2) is 0 Å². The van der Waals surface area contributed by atoms with Crippen molar-refractivity contribution in [3.8, 4) is 0 Å². The van der Waals surface area contributed by atoms with Gasteiger partial charge in [0.1, 0.15) is 6.54 Å². The smallest absolute Gasteiger partial charge is 0.376 e. The van der Waals surface area contributed by atoms with E-state index in [4.69, 9.17) is 0 Å². The average Bonchev–Trinajstić information content (AvgIpc) is 2.00. The number of rotatable bonds is 2. The Kier molecular flexibility index (Phi) is 3.42. The van der Waals surface area contributed by atoms with Crippen molar-refractivity contribution < 1.29 is 13.2 Å². The molecule has 14 heavy (non-hydrogen) atoms. The van der Waals surface area contributed by atoms with Gasteiger partial charge in [-0.25, -0.2) is 0 Å². The van der Waals surface area contributed by atoms with E-state index >= 15 is 0 Å². The second-order valence-corrected chi connectivity index (χ2v) is 3.81. The molecule has 0 saturated carbocycles. The van der Waals surface area contributed by atoms with Crippen LogP contribution in [0.2, 0.25) is 0 Å². The Hall–Kier alpha value is -0.710. The lowest BCUT2D eigenvalue weighted by Crippen LogP contribution is -2.21. The maximum atomic E-state index is 11.9. The molecule has 0 unspecified atom stereocenters. The molecular weight excluding hydrogens is 259 g/mol. The first-order valence-corrected chi connectivity index (χ1v) is 4.74. The zero-order chi connectivity index (χ0) is 10.8. The summed E-state index contributed by atoms with van der Waals surface area (Å²) in [4.78, 5) is 0. The van der Waals surface area contributed by atoms with Crippen LogP contribution in [0.4, 0.5) is 18.9 Å². The molecule has 0 radical (unpaired) electrons. The van der Waals surface area contributed by atoms with Crippen molar-refractivity contribution >= 4 is 21.6 Å². The van der Waals surface area contributed by atoms with Crippen LogP contribution in [0.15, 0.2) is 22.7 Å². The van der Waals surface area contributed by atoms with Crippen molar-refractivity contribution in [1.29, 1.82) is 0 Å². The van der Waals surface area contributed by atoms with Crippen LogP contribution in [-0.2, 0) is 0 Å². The Morgan fingerprint density at radius 2 is 2.00 bits per heavy atom. The summed E-state index contributed by atoms with van der Waals surface area (Å²) in [6.07, 6.45) is -4.19. The molecule has 0 bridgehead atoms. The third-order valence-electron chi connectivity index (χ3n) is 1.60. The summed E-state index contributed by atoms with van der Waals surface area (Å²) < 4.78 is 36.3. The fraction of sp³-hybridized carbons (Fsp3) is 0.333. The third kappa shape index (κ3) is 3.57. The molecule has 0 fully saturated rings. The molecule has 1 rings (SSSR count). The minimum atomic E-state index is -4.19. The summed E-state index contributed by atoms with van der Waals surface area (Å²) in [7, 11) is 0. The van der Waals surface area contributed by atoms with E-state index in [2.05, 4.69) is 21.2 Å². The monoisotopic (exact) mass is 267 g/mol. The summed E-state index contributed by atoms with van der Waals surface area (Å²) in [5.74, 6) is 0. The Labute approximate surface area is 88.4 Å². The predicted molar refractivity (Wildman–Crippen MR) is 53.4 cm³/mol. The van der Waals surface area contributed by atoms with Gasteiger partial charge in [0, 0.05) is 10.2 Å². The highest BCUT2D eigenvalue weighted by Gasteiger charge is 2.26. The first-order chi connectivity index (χ1) is 6.38. The van der Waals surface area contributed by atoms with Crippen molar-refractivity contribution in [3.63, 3.8) is 0 Å². The lowest BCUT2D eigenvalue weighted by Gasteiger charge is -2.11. The van der Waals surface area contributed by atoms with E-state index in [-0.39, 0.29) is 0 Å². The quantitative estimate of drug-likeness (QED) is 0.861. The van der Waals surface area contributed by atoms with Gasteiger partial charge in [0.25, 0.3) is 0 Å². The molecule has 1 aromatic carbocycles. The maximum absolute atomic E-state index is 11.9. The largest absolute Gasteiger partial charge is 0.405 e. The Morgan fingerprint density at radius 3 is 2.50 bits per heavy atom. The zero-order valence-corrected chi connectivity index (χ0v) is 9.04. The average molecular weight is 268 g/mol. The van der Waals surface area contributed by atoms with Crippen molar-refractivity contribution in [1.82, 2.24) is 0 Å². The van der Waals surface area contributed by atoms with Crippen LogP contribution in [0.5, 0.6) is 0 Å². The van der Waals surface area contributed by atoms with Gasteiger partial charge in [-0.3, -0.25) is 0 Å². The minimum Gasteiger partial charge on any atom is -0.376 e. The highest BCUT2D eigenvalue weighted by molar-refractivity contribution is 9.10. The third-order valence-corrected chi connectivity index (χ3v) is 2.26. The molecule has 1 nitrogen and oxygen atoms in total. The highest BCUT2D eigenvalue weighted by atomic mass is 79.9. The van der Waals surface area contributed by atoms with Gasteiger partial charge in [-0.2, -0.15) is 13.2 Å². The molecule has 0 aliphatic heterocycles. The second kappa shape index (κ2) is 4.21. The fourth-order valence-corrected chi connectivity index (χ4v) is 1.59. The molecule has 0 saturated heterocycles. The number of hydrogen-bond acceptors (Lipinski definition) is 1. The second-order valence-electron chi connectivity index (χ2n) is 2.95. The van der Waals surface area contributed by atoms with Gasteiger partial charge >= 0.3 is 6.18 Å². The molecule has 0 aliphatic rings. The summed E-state index contributed by atoms with van der Waals surface area (Å²) >= 11 is 3.18. The number of halogens is 4. The van der Waals surface area contributed by atoms with Crippen LogP contribution in [-0.4, -0.2) is 12.7 Å². The number of nitrogens with one attached hydrogen (secondary N) is 1. The zero-order valence-electron chi connectivity index (χ0n) is 7.45. The van der Waals surface area contributed by atoms with Crippen LogP contribution in [0.1, 0.15) is 5.56 Å². The summed E-state index contributed by atoms with van der Waals surface area (Å²) in [6, 6.07) is 5.13. The van der Waals surface area contributed by atoms with Crippen LogP contribution in [0.25, 0.3) is 0 Å². The van der Waals surface area contributed by atoms with E-state index in [1.165, 1.54) is 0 Å². The molecule has 0 spiro atoms. The van der Waals surface area contributed by atoms with Crippen LogP contribution >= 0.6 is 15.9 Å². The molecule has 1 N–H and O–H groups in total. The van der Waals surface area contributed by atoms with Crippen LogP contribution < -0.4 is 5.32 Å².